The van der Waals surface area contributed by atoms with Crippen molar-refractivity contribution in [1.29, 1.82) is 0 Å². The maximum Gasteiger partial charge on any atom is 0.223 e. The monoisotopic (exact) mass is 337 g/mol. The first-order valence-corrected chi connectivity index (χ1v) is 7.96. The van der Waals surface area contributed by atoms with E-state index in [1.165, 1.54) is 6.21 Å². The summed E-state index contributed by atoms with van der Waals surface area (Å²) in [6.07, 6.45) is 3.34. The van der Waals surface area contributed by atoms with Gasteiger partial charge < -0.3 is 15.4 Å². The van der Waals surface area contributed by atoms with Gasteiger partial charge in [0.2, 0.25) is 11.8 Å². The van der Waals surface area contributed by atoms with Crippen molar-refractivity contribution in [3.8, 4) is 0 Å². The Morgan fingerprint density at radius 2 is 2.09 bits per heavy atom. The van der Waals surface area contributed by atoms with E-state index in [9.17, 15) is 9.59 Å². The van der Waals surface area contributed by atoms with Crippen molar-refractivity contribution in [1.82, 2.24) is 10.2 Å². The molecule has 1 saturated heterocycles. The fourth-order valence-corrected chi connectivity index (χ4v) is 2.72. The van der Waals surface area contributed by atoms with Gasteiger partial charge in [-0.15, -0.1) is 0 Å². The summed E-state index contributed by atoms with van der Waals surface area (Å²) in [5.74, 6) is -0.256. The molecular formula is C16H20ClN3O3. The number of rotatable bonds is 6. The molecule has 23 heavy (non-hydrogen) atoms. The quantitative estimate of drug-likeness (QED) is 0.474. The lowest BCUT2D eigenvalue weighted by atomic mass is 10.2. The summed E-state index contributed by atoms with van der Waals surface area (Å²) >= 11 is 5.80. The molecule has 1 atom stereocenters. The maximum atomic E-state index is 12.1. The molecule has 124 valence electrons. The van der Waals surface area contributed by atoms with Gasteiger partial charge in [0.05, 0.1) is 12.3 Å². The second kappa shape index (κ2) is 8.53. The molecule has 6 nitrogen and oxygen atoms in total. The fourth-order valence-electron chi connectivity index (χ4n) is 2.59. The van der Waals surface area contributed by atoms with Crippen LogP contribution in [0.1, 0.15) is 31.2 Å². The fraction of sp³-hybridized carbons (Fsp3) is 0.438. The molecular weight excluding hydrogens is 318 g/mol. The van der Waals surface area contributed by atoms with Crippen LogP contribution in [0.5, 0.6) is 0 Å². The Hall–Kier alpha value is -2.08. The second-order valence-electron chi connectivity index (χ2n) is 5.46. The highest BCUT2D eigenvalue weighted by molar-refractivity contribution is 6.30. The topological polar surface area (TPSA) is 82.0 Å². The molecule has 1 fully saturated rings. The number of hydrogen-bond acceptors (Lipinski definition) is 4. The summed E-state index contributed by atoms with van der Waals surface area (Å²) in [4.78, 5) is 25.6. The zero-order chi connectivity index (χ0) is 16.7. The van der Waals surface area contributed by atoms with E-state index in [2.05, 4.69) is 10.5 Å². The van der Waals surface area contributed by atoms with E-state index >= 15 is 0 Å². The molecule has 1 aliphatic rings. The third-order valence-electron chi connectivity index (χ3n) is 3.83. The van der Waals surface area contributed by atoms with Crippen LogP contribution in [0, 0.1) is 0 Å². The predicted molar refractivity (Wildman–Crippen MR) is 87.5 cm³/mol. The van der Waals surface area contributed by atoms with Gasteiger partial charge in [0.1, 0.15) is 0 Å². The molecule has 0 aliphatic carbocycles. The van der Waals surface area contributed by atoms with E-state index in [1.54, 1.807) is 17.0 Å². The van der Waals surface area contributed by atoms with Gasteiger partial charge in [-0.25, -0.2) is 0 Å². The van der Waals surface area contributed by atoms with E-state index in [-0.39, 0.29) is 30.7 Å². The van der Waals surface area contributed by atoms with E-state index in [4.69, 9.17) is 16.8 Å². The van der Waals surface area contributed by atoms with Crippen molar-refractivity contribution in [3.05, 3.63) is 34.9 Å². The highest BCUT2D eigenvalue weighted by Gasteiger charge is 2.27. The summed E-state index contributed by atoms with van der Waals surface area (Å²) in [5, 5.41) is 15.0. The second-order valence-corrected chi connectivity index (χ2v) is 5.90. The molecule has 0 bridgehead atoms. The van der Waals surface area contributed by atoms with Crippen LogP contribution in [0.25, 0.3) is 0 Å². The summed E-state index contributed by atoms with van der Waals surface area (Å²) in [5.41, 5.74) is 0.952. The number of carbonyl (C=O) groups is 2. The lowest BCUT2D eigenvalue weighted by Gasteiger charge is -2.21. The molecule has 0 saturated carbocycles. The summed E-state index contributed by atoms with van der Waals surface area (Å²) in [6, 6.07) is 7.06. The van der Waals surface area contributed by atoms with Gasteiger partial charge in [-0.3, -0.25) is 9.59 Å². The minimum atomic E-state index is -0.167. The molecule has 2 amide bonds. The number of hydrogen-bond donors (Lipinski definition) is 2. The van der Waals surface area contributed by atoms with E-state index < -0.39 is 0 Å². The van der Waals surface area contributed by atoms with Crippen LogP contribution in [0.15, 0.2) is 29.4 Å². The normalized spacial score (nSPS) is 17.6. The molecule has 7 heteroatoms. The molecule has 0 unspecified atom stereocenters. The van der Waals surface area contributed by atoms with Crippen LogP contribution in [0.3, 0.4) is 0 Å². The van der Waals surface area contributed by atoms with Crippen LogP contribution in [-0.4, -0.2) is 40.7 Å². The van der Waals surface area contributed by atoms with Crippen LogP contribution < -0.4 is 5.32 Å². The third-order valence-corrected chi connectivity index (χ3v) is 4.08. The number of halogens is 1. The van der Waals surface area contributed by atoms with Crippen LogP contribution in [-0.2, 0) is 16.1 Å². The van der Waals surface area contributed by atoms with Gasteiger partial charge in [-0.2, -0.15) is 0 Å². The number of nitrogens with one attached hydrogen (secondary N) is 1. The van der Waals surface area contributed by atoms with E-state index in [1.807, 2.05) is 12.1 Å². The van der Waals surface area contributed by atoms with Crippen molar-refractivity contribution in [2.75, 3.05) is 6.54 Å². The first kappa shape index (κ1) is 17.3. The van der Waals surface area contributed by atoms with Gasteiger partial charge in [-0.05, 0) is 30.5 Å². The molecule has 2 N–H and O–H groups in total. The number of benzene rings is 1. The smallest absolute Gasteiger partial charge is 0.223 e. The average molecular weight is 338 g/mol. The number of oxime groups is 1. The first-order chi connectivity index (χ1) is 11.1. The van der Waals surface area contributed by atoms with Gasteiger partial charge in [-0.1, -0.05) is 28.9 Å². The Balaban J connectivity index is 1.73. The number of carbonyl (C=O) groups excluding carboxylic acids is 2. The van der Waals surface area contributed by atoms with Gasteiger partial charge >= 0.3 is 0 Å². The van der Waals surface area contributed by atoms with Crippen molar-refractivity contribution >= 4 is 29.6 Å². The number of likely N-dealkylation sites (tertiary alicyclic amines) is 1. The molecule has 1 heterocycles. The highest BCUT2D eigenvalue weighted by Crippen LogP contribution is 2.17. The van der Waals surface area contributed by atoms with Gasteiger partial charge in [0.15, 0.2) is 0 Å². The number of amides is 2. The summed E-state index contributed by atoms with van der Waals surface area (Å²) in [7, 11) is 0. The molecule has 0 spiro atoms. The molecule has 1 aromatic rings. The van der Waals surface area contributed by atoms with Gasteiger partial charge in [0.25, 0.3) is 0 Å². The first-order valence-electron chi connectivity index (χ1n) is 7.58. The Morgan fingerprint density at radius 1 is 1.35 bits per heavy atom. The average Bonchev–Trinajstić information content (AvgIpc) is 3.01. The third kappa shape index (κ3) is 5.25. The van der Waals surface area contributed by atoms with Crippen LogP contribution in [0.4, 0.5) is 0 Å². The van der Waals surface area contributed by atoms with Crippen LogP contribution >= 0.6 is 11.6 Å². The zero-order valence-electron chi connectivity index (χ0n) is 12.7. The standard InChI is InChI=1S/C16H20ClN3O3/c17-13-5-3-12(4-6-13)10-18-15(21)7-8-16(22)20-9-1-2-14(20)11-19-23/h3-6,11,14,23H,1-2,7-10H2,(H,18,21)/t14-/m0/s1. The largest absolute Gasteiger partial charge is 0.411 e. The minimum Gasteiger partial charge on any atom is -0.411 e. The lowest BCUT2D eigenvalue weighted by Crippen LogP contribution is -2.37. The molecule has 0 radical (unpaired) electrons. The molecule has 2 rings (SSSR count). The molecule has 1 aliphatic heterocycles. The highest BCUT2D eigenvalue weighted by atomic mass is 35.5. The maximum absolute atomic E-state index is 12.1. The Kier molecular flexibility index (Phi) is 6.40. The number of nitrogens with zero attached hydrogens (tertiary/aromatic N) is 2. The summed E-state index contributed by atoms with van der Waals surface area (Å²) < 4.78 is 0. The van der Waals surface area contributed by atoms with E-state index in [0.29, 0.717) is 18.1 Å². The Bertz CT molecular complexity index is 574. The van der Waals surface area contributed by atoms with Crippen molar-refractivity contribution < 1.29 is 14.8 Å². The SMILES string of the molecule is O=C(CCC(=O)N1CCC[C@H]1C=NO)NCc1ccc(Cl)cc1. The lowest BCUT2D eigenvalue weighted by molar-refractivity contribution is -0.133. The minimum absolute atomic E-state index is 0.0888. The van der Waals surface area contributed by atoms with Gasteiger partial charge in [0, 0.05) is 31.0 Å². The van der Waals surface area contributed by atoms with Crippen LogP contribution in [0.2, 0.25) is 5.02 Å². The predicted octanol–water partition coefficient (Wildman–Crippen LogP) is 2.19. The van der Waals surface area contributed by atoms with Crippen molar-refractivity contribution in [2.45, 2.75) is 38.3 Å². The van der Waals surface area contributed by atoms with E-state index in [0.717, 1.165) is 18.4 Å². The summed E-state index contributed by atoms with van der Waals surface area (Å²) in [6.45, 7) is 1.05. The van der Waals surface area contributed by atoms with Crippen molar-refractivity contribution in [2.24, 2.45) is 5.16 Å². The zero-order valence-corrected chi connectivity index (χ0v) is 13.5. The Morgan fingerprint density at radius 3 is 2.78 bits per heavy atom. The Labute approximate surface area is 140 Å². The van der Waals surface area contributed by atoms with Crippen molar-refractivity contribution in [3.63, 3.8) is 0 Å². The molecule has 0 aromatic heterocycles. The molecule has 1 aromatic carbocycles.